The van der Waals surface area contributed by atoms with Crippen LogP contribution in [0.5, 0.6) is 0 Å². The first kappa shape index (κ1) is 86.0. The highest BCUT2D eigenvalue weighted by Gasteiger charge is 2.35. The van der Waals surface area contributed by atoms with E-state index in [4.69, 9.17) is 17.7 Å². The Morgan fingerprint density at radius 2 is 0.352 bits per heavy atom. The maximum Gasteiger partial charge on any atom is 0.159 e. The van der Waals surface area contributed by atoms with Crippen molar-refractivity contribution in [2.75, 3.05) is 19.6 Å². The molecule has 0 N–H and O–H groups in total. The molecule has 4 aromatic heterocycles. The Kier molecular flexibility index (Phi) is 20.8. The molecule has 4 saturated carbocycles. The number of para-hydroxylation sites is 8. The van der Waals surface area contributed by atoms with Crippen LogP contribution in [0, 0.1) is 55.4 Å². The second-order valence-electron chi connectivity index (χ2n) is 42.5. The lowest BCUT2D eigenvalue weighted by Crippen LogP contribution is -2.12. The van der Waals surface area contributed by atoms with Crippen molar-refractivity contribution in [2.24, 2.45) is 0 Å². The molecule has 0 atom stereocenters. The van der Waals surface area contributed by atoms with Crippen molar-refractivity contribution in [1.29, 1.82) is 0 Å². The summed E-state index contributed by atoms with van der Waals surface area (Å²) in [7, 11) is 0. The highest BCUT2D eigenvalue weighted by atomic mass is 16.3. The monoisotopic (exact) mass is 1840 g/mol. The van der Waals surface area contributed by atoms with Crippen LogP contribution in [-0.4, -0.2) is 0 Å². The van der Waals surface area contributed by atoms with Crippen LogP contribution in [0.4, 0.5) is 68.2 Å². The molecular formula is C134H116N4O4. The molecular weight excluding hydrogens is 1730 g/mol. The summed E-state index contributed by atoms with van der Waals surface area (Å²) < 4.78 is 28.9. The van der Waals surface area contributed by atoms with Gasteiger partial charge >= 0.3 is 0 Å². The summed E-state index contributed by atoms with van der Waals surface area (Å²) in [6, 6.07) is 119. The fourth-order valence-electron chi connectivity index (χ4n) is 26.9. The van der Waals surface area contributed by atoms with Crippen molar-refractivity contribution in [2.45, 2.75) is 195 Å². The van der Waals surface area contributed by atoms with E-state index in [1.807, 2.05) is 0 Å². The molecule has 0 spiro atoms. The predicted molar refractivity (Wildman–Crippen MR) is 600 cm³/mol. The van der Waals surface area contributed by atoms with Crippen molar-refractivity contribution < 1.29 is 17.7 Å². The van der Waals surface area contributed by atoms with Gasteiger partial charge in [-0.3, -0.25) is 0 Å². The van der Waals surface area contributed by atoms with Crippen LogP contribution < -0.4 is 19.6 Å². The molecule has 4 aliphatic rings. The number of rotatable bonds is 16. The molecule has 4 fully saturated rings. The minimum Gasteiger partial charge on any atom is -0.454 e. The number of hydrogen-bond acceptors (Lipinski definition) is 8. The maximum atomic E-state index is 7.25. The highest BCUT2D eigenvalue weighted by molar-refractivity contribution is 6.31. The van der Waals surface area contributed by atoms with Gasteiger partial charge in [-0.05, 0) is 337 Å². The average molecular weight is 1850 g/mol. The summed E-state index contributed by atoms with van der Waals surface area (Å²) in [6.45, 7) is 17.7. The van der Waals surface area contributed by atoms with E-state index in [2.05, 4.69) is 390 Å². The van der Waals surface area contributed by atoms with E-state index in [0.29, 0.717) is 23.7 Å². The summed E-state index contributed by atoms with van der Waals surface area (Å²) in [5.41, 5.74) is 36.3. The lowest BCUT2D eigenvalue weighted by Gasteiger charge is -2.30. The topological polar surface area (TPSA) is 65.5 Å². The summed E-state index contributed by atoms with van der Waals surface area (Å²) in [5.74, 6) is 2.14. The molecule has 0 amide bonds. The van der Waals surface area contributed by atoms with Crippen molar-refractivity contribution in [3.05, 3.63) is 382 Å². The molecule has 0 bridgehead atoms. The highest BCUT2D eigenvalue weighted by Crippen LogP contribution is 2.58. The smallest absolute Gasteiger partial charge is 0.159 e. The van der Waals surface area contributed by atoms with Crippen molar-refractivity contribution in [1.82, 2.24) is 0 Å². The van der Waals surface area contributed by atoms with Crippen LogP contribution in [0.2, 0.25) is 0 Å². The van der Waals surface area contributed by atoms with E-state index in [1.54, 1.807) is 0 Å². The molecule has 24 aromatic rings. The summed E-state index contributed by atoms with van der Waals surface area (Å²) in [4.78, 5) is 9.89. The van der Waals surface area contributed by atoms with Crippen LogP contribution in [0.1, 0.15) is 206 Å². The van der Waals surface area contributed by atoms with Gasteiger partial charge in [0, 0.05) is 87.4 Å². The molecule has 0 radical (unpaired) electrons. The van der Waals surface area contributed by atoms with Crippen LogP contribution in [0.15, 0.2) is 333 Å². The Labute approximate surface area is 829 Å². The van der Waals surface area contributed by atoms with Crippen molar-refractivity contribution in [3.8, 4) is 0 Å². The lowest BCUT2D eigenvalue weighted by atomic mass is 9.83. The number of fused-ring (bicyclic) bond motifs is 12. The Morgan fingerprint density at radius 1 is 0.169 bits per heavy atom. The molecule has 0 saturated heterocycles. The van der Waals surface area contributed by atoms with Gasteiger partial charge in [0.15, 0.2) is 22.3 Å². The van der Waals surface area contributed by atoms with Crippen LogP contribution in [0.25, 0.3) is 152 Å². The first-order valence-corrected chi connectivity index (χ1v) is 52.4. The summed E-state index contributed by atoms with van der Waals surface area (Å²) >= 11 is 0. The van der Waals surface area contributed by atoms with Gasteiger partial charge < -0.3 is 37.3 Å². The molecule has 20 aromatic carbocycles. The summed E-state index contributed by atoms with van der Waals surface area (Å²) in [5, 5.41) is 24.1. The zero-order valence-corrected chi connectivity index (χ0v) is 82.5. The first-order chi connectivity index (χ1) is 69.7. The molecule has 0 unspecified atom stereocenters. The zero-order chi connectivity index (χ0) is 95.0. The standard InChI is InChI=1S/C68H60N2O2.C66H56N2O2/c1-41-35-42(2)38-49(37-41)69(61-25-13-23-55-53-21-11-19-51(65(53)71-67(55)61)45-15-7-5-8-16-45)59-33-29-47-28-32-58-60(34-30-48-27-31-57(59)63(47)64(48)58)70(50-39-43(3)36-44(4)40-50)62-26-14-24-56-54-22-12-20-52(66(54)72-68(56)62)46-17-9-6-10-18-46;1-39-33-40(2)36-47(35-39)67(59-23-11-21-53-51-19-9-17-49(43-13-5-6-14-43)63(51)69-65(53)59)57-31-27-45-26-30-56-58(32-28-46-25-29-55(57)61(45)62(46)56)68(48-37-41(3)34-42(4)38-48)60-24-12-22-54-52-20-10-18-50(44-15-7-8-16-44)64(52)70-66(54)60/h11-14,19-40,45-46H,5-10,15-18H2,1-4H3;9-12,17-38,43-44H,5-8,13-16H2,1-4H3. The van der Waals surface area contributed by atoms with Crippen LogP contribution >= 0.6 is 0 Å². The van der Waals surface area contributed by atoms with Crippen LogP contribution in [-0.2, 0) is 0 Å². The largest absolute Gasteiger partial charge is 0.454 e. The Balaban J connectivity index is 0.000000142. The summed E-state index contributed by atoms with van der Waals surface area (Å²) in [6.07, 6.45) is 22.7. The van der Waals surface area contributed by atoms with Gasteiger partial charge in [0.1, 0.15) is 22.3 Å². The predicted octanol–water partition coefficient (Wildman–Crippen LogP) is 40.5. The van der Waals surface area contributed by atoms with E-state index < -0.39 is 0 Å². The molecule has 8 nitrogen and oxygen atoms in total. The lowest BCUT2D eigenvalue weighted by molar-refractivity contribution is 0.442. The average Bonchev–Trinajstić information content (AvgIpc) is 1.20. The van der Waals surface area contributed by atoms with Gasteiger partial charge in [0.2, 0.25) is 0 Å². The normalized spacial score (nSPS) is 15.0. The fraction of sp³-hybridized carbons (Fsp3) is 0.224. The molecule has 142 heavy (non-hydrogen) atoms. The van der Waals surface area contributed by atoms with Crippen molar-refractivity contribution in [3.63, 3.8) is 0 Å². The number of anilines is 12. The van der Waals surface area contributed by atoms with E-state index in [9.17, 15) is 0 Å². The van der Waals surface area contributed by atoms with E-state index in [-0.39, 0.29) is 0 Å². The second-order valence-corrected chi connectivity index (χ2v) is 42.5. The van der Waals surface area contributed by atoms with Crippen molar-refractivity contribution >= 4 is 221 Å². The molecule has 28 rings (SSSR count). The van der Waals surface area contributed by atoms with Gasteiger partial charge in [-0.2, -0.15) is 0 Å². The van der Waals surface area contributed by atoms with Gasteiger partial charge in [-0.15, -0.1) is 0 Å². The Hall–Kier alpha value is -15.1. The van der Waals surface area contributed by atoms with Crippen LogP contribution in [0.3, 0.4) is 0 Å². The number of nitrogens with zero attached hydrogens (tertiary/aromatic N) is 4. The minimum atomic E-state index is 0.529. The second kappa shape index (κ2) is 34.4. The fourth-order valence-corrected chi connectivity index (χ4v) is 26.9. The molecule has 8 heteroatoms. The third-order valence-electron chi connectivity index (χ3n) is 32.8. The Morgan fingerprint density at radius 3 is 0.563 bits per heavy atom. The van der Waals surface area contributed by atoms with E-state index in [0.717, 1.165) is 134 Å². The third kappa shape index (κ3) is 14.2. The quantitative estimate of drug-likeness (QED) is 0.0887. The molecule has 4 heterocycles. The van der Waals surface area contributed by atoms with Gasteiger partial charge in [0.25, 0.3) is 0 Å². The molecule has 4 aliphatic carbocycles. The van der Waals surface area contributed by atoms with Gasteiger partial charge in [-0.25, -0.2) is 0 Å². The third-order valence-corrected chi connectivity index (χ3v) is 32.8. The minimum absolute atomic E-state index is 0.529. The number of hydrogen-bond donors (Lipinski definition) is 0. The Bertz CT molecular complexity index is 8580. The first-order valence-electron chi connectivity index (χ1n) is 52.4. The number of aryl methyl sites for hydroxylation is 8. The maximum absolute atomic E-state index is 7.25. The molecule has 696 valence electrons. The van der Waals surface area contributed by atoms with E-state index in [1.165, 1.54) is 269 Å². The number of furan rings is 4. The van der Waals surface area contributed by atoms with Gasteiger partial charge in [0.05, 0.1) is 45.5 Å². The number of benzene rings is 20. The molecule has 0 aliphatic heterocycles. The SMILES string of the molecule is Cc1cc(C)cc(N(c2ccc3ccc4c(N(c5cc(C)cc(C)c5)c5cccc6c5oc5c(C7CCCC7)cccc56)ccc5ccc2c3c54)c2cccc3c2oc2c(C4CCCC4)cccc23)c1.Cc1cc(C)cc(N(c2ccc3ccc4c(N(c5cc(C)cc(C)c5)c5cccc6c5oc5c(C7CCCCC7)cccc56)ccc5ccc2c3c54)c2cccc3c2oc2c(C4CCCCC4)cccc23)c1. The zero-order valence-electron chi connectivity index (χ0n) is 82.5. The van der Waals surface area contributed by atoms with E-state index >= 15 is 0 Å². The van der Waals surface area contributed by atoms with Gasteiger partial charge in [-0.1, -0.05) is 283 Å².